The summed E-state index contributed by atoms with van der Waals surface area (Å²) in [7, 11) is 0. The van der Waals surface area contributed by atoms with Gasteiger partial charge in [-0.15, -0.1) is 0 Å². The molecule has 2 aliphatic heterocycles. The second kappa shape index (κ2) is 13.7. The van der Waals surface area contributed by atoms with E-state index in [1.165, 1.54) is 38.3 Å². The van der Waals surface area contributed by atoms with Crippen LogP contribution >= 0.6 is 0 Å². The summed E-state index contributed by atoms with van der Waals surface area (Å²) in [6.45, 7) is 15.5. The fraction of sp³-hybridized carbons (Fsp3) is 0.650. The highest BCUT2D eigenvalue weighted by atomic mass is 16.2. The van der Waals surface area contributed by atoms with Crippen LogP contribution in [0.3, 0.4) is 0 Å². The topological polar surface area (TPSA) is 64.8 Å². The van der Waals surface area contributed by atoms with Crippen molar-refractivity contribution in [2.75, 3.05) is 59.0 Å². The number of hydrogen-bond donors (Lipinski definition) is 2. The highest BCUT2D eigenvalue weighted by Gasteiger charge is 2.22. The Morgan fingerprint density at radius 1 is 1.00 bits per heavy atom. The summed E-state index contributed by atoms with van der Waals surface area (Å²) < 4.78 is 0. The van der Waals surface area contributed by atoms with Crippen molar-refractivity contribution in [1.82, 2.24) is 20.0 Å². The first-order valence-electron chi connectivity index (χ1n) is 9.90. The van der Waals surface area contributed by atoms with E-state index in [-0.39, 0.29) is 5.91 Å². The van der Waals surface area contributed by atoms with Crippen LogP contribution in [0.1, 0.15) is 26.3 Å². The van der Waals surface area contributed by atoms with E-state index in [0.717, 1.165) is 19.6 Å². The van der Waals surface area contributed by atoms with Gasteiger partial charge < -0.3 is 20.9 Å². The average molecular weight is 364 g/mol. The summed E-state index contributed by atoms with van der Waals surface area (Å²) in [5, 5.41) is 3.31. The second-order valence-electron chi connectivity index (χ2n) is 6.22. The van der Waals surface area contributed by atoms with Gasteiger partial charge in [0, 0.05) is 45.8 Å². The lowest BCUT2D eigenvalue weighted by Gasteiger charge is -2.33. The van der Waals surface area contributed by atoms with E-state index in [4.69, 9.17) is 5.73 Å². The van der Waals surface area contributed by atoms with Crippen molar-refractivity contribution in [3.63, 3.8) is 0 Å². The zero-order chi connectivity index (χ0) is 19.2. The van der Waals surface area contributed by atoms with E-state index < -0.39 is 0 Å². The lowest BCUT2D eigenvalue weighted by molar-refractivity contribution is -0.136. The zero-order valence-electron chi connectivity index (χ0n) is 16.8. The summed E-state index contributed by atoms with van der Waals surface area (Å²) in [6.07, 6.45) is 0. The van der Waals surface area contributed by atoms with Gasteiger partial charge in [0.05, 0.1) is 13.2 Å². The molecule has 0 aromatic heterocycles. The van der Waals surface area contributed by atoms with Crippen LogP contribution in [-0.4, -0.2) is 79.6 Å². The van der Waals surface area contributed by atoms with E-state index in [2.05, 4.69) is 34.2 Å². The molecule has 0 atom stereocenters. The van der Waals surface area contributed by atoms with Crippen molar-refractivity contribution in [2.45, 2.75) is 27.3 Å². The Labute approximate surface area is 159 Å². The van der Waals surface area contributed by atoms with Gasteiger partial charge in [-0.25, -0.2) is 0 Å². The average Bonchev–Trinajstić information content (AvgIpc) is 2.71. The summed E-state index contributed by atoms with van der Waals surface area (Å²) in [5.74, 6) is 0.129. The summed E-state index contributed by atoms with van der Waals surface area (Å²) >= 11 is 0. The number of hydrogen-bond acceptors (Lipinski definition) is 5. The molecule has 0 spiro atoms. The Morgan fingerprint density at radius 2 is 1.65 bits per heavy atom. The lowest BCUT2D eigenvalue weighted by Crippen LogP contribution is -2.51. The molecule has 2 fully saturated rings. The maximum Gasteiger partial charge on any atom is 0.237 e. The maximum absolute atomic E-state index is 11.6. The van der Waals surface area contributed by atoms with Crippen molar-refractivity contribution in [3.8, 4) is 0 Å². The molecule has 26 heavy (non-hydrogen) atoms. The SMILES string of the molecule is CC.CCN1CCNCC1.NCN1CCN(Cc2ccccc2)CC1=O. The molecule has 0 aliphatic carbocycles. The molecule has 3 rings (SSSR count). The van der Waals surface area contributed by atoms with Crippen molar-refractivity contribution in [3.05, 3.63) is 35.9 Å². The van der Waals surface area contributed by atoms with Crippen LogP contribution in [0.25, 0.3) is 0 Å². The van der Waals surface area contributed by atoms with Gasteiger partial charge in [-0.1, -0.05) is 51.1 Å². The monoisotopic (exact) mass is 363 g/mol. The molecule has 6 nitrogen and oxygen atoms in total. The smallest absolute Gasteiger partial charge is 0.237 e. The van der Waals surface area contributed by atoms with Gasteiger partial charge in [0.1, 0.15) is 0 Å². The first kappa shape index (κ1) is 22.6. The van der Waals surface area contributed by atoms with E-state index in [9.17, 15) is 4.79 Å². The van der Waals surface area contributed by atoms with E-state index in [1.807, 2.05) is 32.0 Å². The zero-order valence-corrected chi connectivity index (χ0v) is 16.8. The highest BCUT2D eigenvalue weighted by Crippen LogP contribution is 2.08. The molecule has 1 aromatic carbocycles. The highest BCUT2D eigenvalue weighted by molar-refractivity contribution is 5.78. The Bertz CT molecular complexity index is 476. The maximum atomic E-state index is 11.6. The molecular formula is C20H37N5O. The van der Waals surface area contributed by atoms with Gasteiger partial charge in [-0.05, 0) is 12.1 Å². The van der Waals surface area contributed by atoms with Crippen molar-refractivity contribution < 1.29 is 4.79 Å². The van der Waals surface area contributed by atoms with Gasteiger partial charge in [0.25, 0.3) is 0 Å². The summed E-state index contributed by atoms with van der Waals surface area (Å²) in [6, 6.07) is 10.2. The van der Waals surface area contributed by atoms with Crippen molar-refractivity contribution >= 4 is 5.91 Å². The largest absolute Gasteiger partial charge is 0.328 e. The first-order chi connectivity index (χ1) is 12.7. The third kappa shape index (κ3) is 8.27. The van der Waals surface area contributed by atoms with Crippen LogP contribution in [-0.2, 0) is 11.3 Å². The predicted octanol–water partition coefficient (Wildman–Crippen LogP) is 1.18. The van der Waals surface area contributed by atoms with Gasteiger partial charge in [0.15, 0.2) is 0 Å². The van der Waals surface area contributed by atoms with E-state index in [0.29, 0.717) is 13.2 Å². The second-order valence-corrected chi connectivity index (χ2v) is 6.22. The number of nitrogens with zero attached hydrogens (tertiary/aromatic N) is 3. The molecule has 1 aromatic rings. The van der Waals surface area contributed by atoms with Gasteiger partial charge >= 0.3 is 0 Å². The number of carbonyl (C=O) groups excluding carboxylic acids is 1. The molecular weight excluding hydrogens is 326 g/mol. The standard InChI is InChI=1S/C12H17N3O.C6H14N2.C2H6/c13-10-15-7-6-14(9-12(15)16)8-11-4-2-1-3-5-11;1-2-8-5-3-7-4-6-8;1-2/h1-5H,6-10,13H2;7H,2-6H2,1H3;1-2H3. The first-order valence-corrected chi connectivity index (χ1v) is 9.90. The molecule has 0 unspecified atom stereocenters. The third-order valence-electron chi connectivity index (χ3n) is 4.52. The van der Waals surface area contributed by atoms with Crippen LogP contribution < -0.4 is 11.1 Å². The normalized spacial score (nSPS) is 18.5. The Hall–Kier alpha value is -1.47. The number of nitrogens with one attached hydrogen (secondary N) is 1. The van der Waals surface area contributed by atoms with Crippen molar-refractivity contribution in [2.24, 2.45) is 5.73 Å². The van der Waals surface area contributed by atoms with Gasteiger partial charge in [0.2, 0.25) is 5.91 Å². The molecule has 1 amide bonds. The number of nitrogens with two attached hydrogens (primary N) is 1. The molecule has 2 heterocycles. The fourth-order valence-corrected chi connectivity index (χ4v) is 2.95. The Balaban J connectivity index is 0.000000284. The molecule has 2 aliphatic rings. The minimum absolute atomic E-state index is 0.129. The van der Waals surface area contributed by atoms with Gasteiger partial charge in [-0.2, -0.15) is 0 Å². The number of benzene rings is 1. The number of piperazine rings is 2. The van der Waals surface area contributed by atoms with Gasteiger partial charge in [-0.3, -0.25) is 9.69 Å². The van der Waals surface area contributed by atoms with E-state index >= 15 is 0 Å². The molecule has 2 saturated heterocycles. The van der Waals surface area contributed by atoms with Crippen molar-refractivity contribution in [1.29, 1.82) is 0 Å². The molecule has 0 bridgehead atoms. The van der Waals surface area contributed by atoms with Crippen LogP contribution in [0.4, 0.5) is 0 Å². The Morgan fingerprint density at radius 3 is 2.15 bits per heavy atom. The van der Waals surface area contributed by atoms with E-state index in [1.54, 1.807) is 4.90 Å². The molecule has 6 heteroatoms. The number of likely N-dealkylation sites (N-methyl/N-ethyl adjacent to an activating group) is 1. The molecule has 0 saturated carbocycles. The molecule has 3 N–H and O–H groups in total. The lowest BCUT2D eigenvalue weighted by atomic mass is 10.2. The molecule has 148 valence electrons. The van der Waals surface area contributed by atoms with Crippen LogP contribution in [0.2, 0.25) is 0 Å². The predicted molar refractivity (Wildman–Crippen MR) is 109 cm³/mol. The quantitative estimate of drug-likeness (QED) is 0.841. The minimum atomic E-state index is 0.129. The summed E-state index contributed by atoms with van der Waals surface area (Å²) in [4.78, 5) is 17.9. The summed E-state index contributed by atoms with van der Waals surface area (Å²) in [5.41, 5.74) is 6.73. The van der Waals surface area contributed by atoms with Crippen LogP contribution in [0, 0.1) is 0 Å². The third-order valence-corrected chi connectivity index (χ3v) is 4.52. The number of carbonyl (C=O) groups is 1. The number of amides is 1. The van der Waals surface area contributed by atoms with Crippen LogP contribution in [0.5, 0.6) is 0 Å². The number of rotatable bonds is 4. The van der Waals surface area contributed by atoms with Crippen LogP contribution in [0.15, 0.2) is 30.3 Å². The fourth-order valence-electron chi connectivity index (χ4n) is 2.95. The molecule has 0 radical (unpaired) electrons. The minimum Gasteiger partial charge on any atom is -0.328 e. The Kier molecular flexibility index (Phi) is 11.9.